The number of pyridine rings is 1. The van der Waals surface area contributed by atoms with Crippen LogP contribution in [-0.4, -0.2) is 26.4 Å². The molecule has 0 spiro atoms. The van der Waals surface area contributed by atoms with Crippen LogP contribution in [0.25, 0.3) is 28.2 Å². The molecule has 1 aromatic carbocycles. The molecule has 0 unspecified atom stereocenters. The summed E-state index contributed by atoms with van der Waals surface area (Å²) < 4.78 is 26.1. The molecule has 0 atom stereocenters. The molecule has 0 radical (unpaired) electrons. The highest BCUT2D eigenvalue weighted by molar-refractivity contribution is 5.77. The highest BCUT2D eigenvalue weighted by Crippen LogP contribution is 2.35. The van der Waals surface area contributed by atoms with Crippen LogP contribution >= 0.6 is 0 Å². The van der Waals surface area contributed by atoms with Crippen LogP contribution in [0.4, 0.5) is 4.39 Å². The second-order valence-electron chi connectivity index (χ2n) is 5.73. The zero-order chi connectivity index (χ0) is 17.7. The van der Waals surface area contributed by atoms with Gasteiger partial charge in [0.1, 0.15) is 11.5 Å². The van der Waals surface area contributed by atoms with Gasteiger partial charge >= 0.3 is 0 Å². The topological polar surface area (TPSA) is 81.5 Å². The maximum Gasteiger partial charge on any atom is 0.273 e. The highest BCUT2D eigenvalue weighted by Gasteiger charge is 2.18. The number of fused-ring (bicyclic) bond motifs is 2. The minimum atomic E-state index is -0.489. The summed E-state index contributed by atoms with van der Waals surface area (Å²) in [4.78, 5) is 21.1. The standard InChI is InChI=1S/C18H11FN4O3/c19-12-2-1-5-20-17(12)11-8-21-23-16(24)7-13(22-18(11)23)10-3-4-14-15(6-10)26-9-25-14/h1-8,21H,9H2. The molecule has 0 amide bonds. The number of nitrogens with one attached hydrogen (secondary N) is 1. The smallest absolute Gasteiger partial charge is 0.273 e. The third-order valence-corrected chi connectivity index (χ3v) is 4.18. The van der Waals surface area contributed by atoms with E-state index in [1.807, 2.05) is 0 Å². The van der Waals surface area contributed by atoms with Crippen molar-refractivity contribution in [1.29, 1.82) is 0 Å². The molecule has 1 N–H and O–H groups in total. The van der Waals surface area contributed by atoms with Gasteiger partial charge in [0, 0.05) is 24.0 Å². The van der Waals surface area contributed by atoms with Crippen molar-refractivity contribution in [3.8, 4) is 34.0 Å². The number of benzene rings is 1. The molecule has 0 saturated carbocycles. The number of hydrogen-bond donors (Lipinski definition) is 1. The van der Waals surface area contributed by atoms with Crippen LogP contribution in [0.1, 0.15) is 0 Å². The second-order valence-corrected chi connectivity index (χ2v) is 5.73. The fourth-order valence-electron chi connectivity index (χ4n) is 2.94. The maximum atomic E-state index is 14.1. The summed E-state index contributed by atoms with van der Waals surface area (Å²) in [6.45, 7) is 0.162. The molecule has 5 rings (SSSR count). The van der Waals surface area contributed by atoms with Gasteiger partial charge in [-0.3, -0.25) is 14.9 Å². The zero-order valence-corrected chi connectivity index (χ0v) is 13.3. The molecule has 0 saturated heterocycles. The molecule has 0 bridgehead atoms. The van der Waals surface area contributed by atoms with Crippen LogP contribution in [0.5, 0.6) is 11.5 Å². The van der Waals surface area contributed by atoms with Crippen LogP contribution in [0.15, 0.2) is 53.6 Å². The van der Waals surface area contributed by atoms with Gasteiger partial charge in [-0.15, -0.1) is 0 Å². The van der Waals surface area contributed by atoms with Crippen molar-refractivity contribution in [3.63, 3.8) is 0 Å². The summed E-state index contributed by atoms with van der Waals surface area (Å²) in [5, 5.41) is 2.79. The fraction of sp³-hybridized carbons (Fsp3) is 0.0556. The van der Waals surface area contributed by atoms with Crippen LogP contribution in [0.3, 0.4) is 0 Å². The molecule has 1 aliphatic heterocycles. The summed E-state index contributed by atoms with van der Waals surface area (Å²) in [7, 11) is 0. The number of H-pyrrole nitrogens is 1. The first kappa shape index (κ1) is 14.6. The minimum absolute atomic E-state index is 0.126. The van der Waals surface area contributed by atoms with Gasteiger partial charge in [-0.05, 0) is 30.3 Å². The first-order valence-corrected chi connectivity index (χ1v) is 7.83. The van der Waals surface area contributed by atoms with E-state index in [1.165, 1.54) is 35.1 Å². The fourth-order valence-corrected chi connectivity index (χ4v) is 2.94. The number of ether oxygens (including phenoxy) is 2. The summed E-state index contributed by atoms with van der Waals surface area (Å²) in [5.41, 5.74) is 1.66. The normalized spacial score (nSPS) is 12.7. The molecule has 4 heterocycles. The number of hydrogen-bond acceptors (Lipinski definition) is 5. The average Bonchev–Trinajstić information content (AvgIpc) is 3.28. The first-order chi connectivity index (χ1) is 12.7. The van der Waals surface area contributed by atoms with Gasteiger partial charge in [0.15, 0.2) is 17.1 Å². The van der Waals surface area contributed by atoms with Gasteiger partial charge in [0.2, 0.25) is 6.79 Å². The number of nitrogens with zero attached hydrogens (tertiary/aromatic N) is 3. The molecule has 4 aromatic rings. The Morgan fingerprint density at radius 3 is 2.92 bits per heavy atom. The van der Waals surface area contributed by atoms with E-state index in [0.717, 1.165) is 0 Å². The summed E-state index contributed by atoms with van der Waals surface area (Å²) in [6.07, 6.45) is 3.00. The van der Waals surface area contributed by atoms with E-state index in [9.17, 15) is 9.18 Å². The number of rotatable bonds is 2. The number of halogens is 1. The lowest BCUT2D eigenvalue weighted by atomic mass is 10.1. The van der Waals surface area contributed by atoms with Crippen LogP contribution in [0.2, 0.25) is 0 Å². The average molecular weight is 350 g/mol. The SMILES string of the molecule is O=c1cc(-c2ccc3c(c2)OCO3)nc2c(-c3ncccc3F)c[nH]n12. The van der Waals surface area contributed by atoms with Gasteiger partial charge in [-0.25, -0.2) is 13.9 Å². The third kappa shape index (κ3) is 2.16. The van der Waals surface area contributed by atoms with E-state index in [1.54, 1.807) is 18.2 Å². The monoisotopic (exact) mass is 350 g/mol. The molecule has 26 heavy (non-hydrogen) atoms. The Morgan fingerprint density at radius 2 is 2.04 bits per heavy atom. The molecule has 3 aromatic heterocycles. The van der Waals surface area contributed by atoms with Gasteiger partial charge in [-0.2, -0.15) is 0 Å². The van der Waals surface area contributed by atoms with E-state index in [2.05, 4.69) is 15.1 Å². The highest BCUT2D eigenvalue weighted by atomic mass is 19.1. The number of aromatic nitrogens is 4. The lowest BCUT2D eigenvalue weighted by molar-refractivity contribution is 0.174. The largest absolute Gasteiger partial charge is 0.454 e. The molecule has 0 aliphatic carbocycles. The Kier molecular flexibility index (Phi) is 3.05. The first-order valence-electron chi connectivity index (χ1n) is 7.83. The lowest BCUT2D eigenvalue weighted by Crippen LogP contribution is -2.14. The third-order valence-electron chi connectivity index (χ3n) is 4.18. The summed E-state index contributed by atoms with van der Waals surface area (Å²) >= 11 is 0. The summed E-state index contributed by atoms with van der Waals surface area (Å²) in [6, 6.07) is 9.53. The van der Waals surface area contributed by atoms with Crippen molar-refractivity contribution in [3.05, 3.63) is 65.0 Å². The molecule has 128 valence electrons. The van der Waals surface area contributed by atoms with Gasteiger partial charge in [0.05, 0.1) is 11.3 Å². The number of aromatic amines is 1. The Labute approximate surface area is 145 Å². The van der Waals surface area contributed by atoms with Gasteiger partial charge in [-0.1, -0.05) is 0 Å². The molecular weight excluding hydrogens is 339 g/mol. The predicted molar refractivity (Wildman–Crippen MR) is 90.6 cm³/mol. The van der Waals surface area contributed by atoms with Crippen LogP contribution < -0.4 is 15.0 Å². The van der Waals surface area contributed by atoms with Crippen molar-refractivity contribution < 1.29 is 13.9 Å². The van der Waals surface area contributed by atoms with Crippen LogP contribution in [-0.2, 0) is 0 Å². The maximum absolute atomic E-state index is 14.1. The Hall–Kier alpha value is -3.68. The van der Waals surface area contributed by atoms with Gasteiger partial charge in [0.25, 0.3) is 5.56 Å². The van der Waals surface area contributed by atoms with Crippen molar-refractivity contribution in [2.45, 2.75) is 0 Å². The van der Waals surface area contributed by atoms with Crippen molar-refractivity contribution in [2.24, 2.45) is 0 Å². The second kappa shape index (κ2) is 5.41. The van der Waals surface area contributed by atoms with Gasteiger partial charge < -0.3 is 9.47 Å². The molecular formula is C18H11FN4O3. The van der Waals surface area contributed by atoms with Crippen LogP contribution in [0, 0.1) is 5.82 Å². The Bertz CT molecular complexity index is 1210. The lowest BCUT2D eigenvalue weighted by Gasteiger charge is -2.04. The van der Waals surface area contributed by atoms with E-state index in [-0.39, 0.29) is 18.0 Å². The molecule has 1 aliphatic rings. The summed E-state index contributed by atoms with van der Waals surface area (Å²) in [5.74, 6) is 0.746. The Morgan fingerprint density at radius 1 is 1.15 bits per heavy atom. The van der Waals surface area contributed by atoms with E-state index in [0.29, 0.717) is 34.0 Å². The molecule has 8 heteroatoms. The van der Waals surface area contributed by atoms with Crippen molar-refractivity contribution >= 4 is 5.65 Å². The van der Waals surface area contributed by atoms with E-state index < -0.39 is 5.82 Å². The van der Waals surface area contributed by atoms with Crippen molar-refractivity contribution in [1.82, 2.24) is 19.6 Å². The van der Waals surface area contributed by atoms with Crippen molar-refractivity contribution in [2.75, 3.05) is 6.79 Å². The zero-order valence-electron chi connectivity index (χ0n) is 13.3. The molecule has 7 nitrogen and oxygen atoms in total. The Balaban J connectivity index is 1.72. The minimum Gasteiger partial charge on any atom is -0.454 e. The molecule has 0 fully saturated rings. The predicted octanol–water partition coefficient (Wildman–Crippen LogP) is 2.62. The van der Waals surface area contributed by atoms with E-state index in [4.69, 9.17) is 9.47 Å². The quantitative estimate of drug-likeness (QED) is 0.601. The van der Waals surface area contributed by atoms with E-state index >= 15 is 0 Å².